The molecule has 17 heavy (non-hydrogen) atoms. The van der Waals surface area contributed by atoms with Crippen molar-refractivity contribution >= 4 is 23.5 Å². The van der Waals surface area contributed by atoms with E-state index in [1.54, 1.807) is 6.92 Å². The van der Waals surface area contributed by atoms with Gasteiger partial charge in [0.1, 0.15) is 17.1 Å². The summed E-state index contributed by atoms with van der Waals surface area (Å²) in [7, 11) is 0. The molecule has 0 fully saturated rings. The quantitative estimate of drug-likeness (QED) is 0.268. The van der Waals surface area contributed by atoms with Crippen LogP contribution in [-0.2, 0) is 29.1 Å². The monoisotopic (exact) mass is 298 g/mol. The Balaban J connectivity index is 0.00000256. The Morgan fingerprint density at radius 3 is 2.59 bits per heavy atom. The van der Waals surface area contributed by atoms with Crippen LogP contribution < -0.4 is 11.4 Å². The molecule has 96 valence electrons. The summed E-state index contributed by atoms with van der Waals surface area (Å²) in [6, 6.07) is 1.32. The molecule has 1 aromatic heterocycles. The van der Waals surface area contributed by atoms with E-state index in [4.69, 9.17) is 10.2 Å². The molecule has 0 aliphatic heterocycles. The Hall–Kier alpha value is -1.40. The first kappa shape index (κ1) is 15.6. The number of aryl methyl sites for hydroxylation is 1. The van der Waals surface area contributed by atoms with E-state index in [0.717, 1.165) is 0 Å². The molecule has 0 amide bonds. The van der Waals surface area contributed by atoms with E-state index >= 15 is 0 Å². The molecule has 0 aromatic carbocycles. The van der Waals surface area contributed by atoms with Gasteiger partial charge in [0.2, 0.25) is 0 Å². The van der Waals surface area contributed by atoms with E-state index in [1.807, 2.05) is 0 Å². The second-order valence-corrected chi connectivity index (χ2v) is 3.45. The maximum Gasteiger partial charge on any atom is 0.348 e. The van der Waals surface area contributed by atoms with Crippen LogP contribution >= 0.6 is 0 Å². The Bertz CT molecular complexity index is 521. The fraction of sp³-hybridized carbons (Fsp3) is 0.222. The molecule has 1 rings (SSSR count). The van der Waals surface area contributed by atoms with Crippen molar-refractivity contribution in [1.82, 2.24) is 0 Å². The van der Waals surface area contributed by atoms with Crippen molar-refractivity contribution in [3.63, 3.8) is 0 Å². The molecule has 0 aliphatic carbocycles. The minimum Gasteiger partial charge on any atom is -0.741 e. The van der Waals surface area contributed by atoms with Gasteiger partial charge in [-0.1, -0.05) is 0 Å². The van der Waals surface area contributed by atoms with Crippen molar-refractivity contribution in [3.05, 3.63) is 27.8 Å². The van der Waals surface area contributed by atoms with Gasteiger partial charge in [0.05, 0.1) is 5.71 Å². The Kier molecular flexibility index (Phi) is 5.84. The third-order valence-electron chi connectivity index (χ3n) is 1.71. The molecule has 1 heterocycles. The average molecular weight is 299 g/mol. The van der Waals surface area contributed by atoms with Crippen molar-refractivity contribution in [2.45, 2.75) is 13.8 Å². The predicted molar refractivity (Wildman–Crippen MR) is 62.6 cm³/mol. The molecular weight excluding hydrogens is 289 g/mol. The number of hydrogen-bond donors (Lipinski definition) is 2. The smallest absolute Gasteiger partial charge is 0.348 e. The zero-order valence-electron chi connectivity index (χ0n) is 9.04. The number of hydrogen-bond acceptors (Lipinski definition) is 6. The van der Waals surface area contributed by atoms with E-state index < -0.39 is 5.63 Å². The van der Waals surface area contributed by atoms with Gasteiger partial charge >= 0.3 is 5.63 Å². The third kappa shape index (κ3) is 4.16. The van der Waals surface area contributed by atoms with Crippen LogP contribution in [0, 0.1) is 6.92 Å². The predicted octanol–water partition coefficient (Wildman–Crippen LogP) is 0.237. The summed E-state index contributed by atoms with van der Waals surface area (Å²) in [4.78, 5) is 11.4. The van der Waals surface area contributed by atoms with Gasteiger partial charge in [-0.15, -0.1) is 0 Å². The average Bonchev–Trinajstić information content (AvgIpc) is 2.12. The van der Waals surface area contributed by atoms with Crippen molar-refractivity contribution in [2.75, 3.05) is 0 Å². The molecule has 0 saturated heterocycles. The van der Waals surface area contributed by atoms with Crippen LogP contribution in [-0.4, -0.2) is 16.0 Å². The molecule has 0 unspecified atom stereocenters. The van der Waals surface area contributed by atoms with Crippen LogP contribution in [0.2, 0.25) is 0 Å². The summed E-state index contributed by atoms with van der Waals surface area (Å²) >= 11 is 4.49. The van der Waals surface area contributed by atoms with Gasteiger partial charge in [0.25, 0.3) is 0 Å². The second kappa shape index (κ2) is 6.37. The Morgan fingerprint density at radius 1 is 1.53 bits per heavy atom. The number of nitrogens with two attached hydrogens (primary N) is 1. The molecule has 0 atom stereocenters. The standard InChI is InChI=1S/C9H11N3O3S.Ni/c1-4-3-6(13)7(8(14)15-4)5(2)11-12-9(10)16;/h3,13H,1-2H3,(H3,10,12,16);/p-1/b11-5+;. The first-order valence-corrected chi connectivity index (χ1v) is 4.71. The van der Waals surface area contributed by atoms with Gasteiger partial charge in [-0.3, -0.25) is 0 Å². The topological polar surface area (TPSA) is 101 Å². The van der Waals surface area contributed by atoms with Crippen LogP contribution in [0.1, 0.15) is 18.2 Å². The molecule has 0 aliphatic rings. The number of amidine groups is 1. The van der Waals surface area contributed by atoms with Crippen molar-refractivity contribution < 1.29 is 26.0 Å². The number of aromatic hydroxyl groups is 1. The van der Waals surface area contributed by atoms with Gasteiger partial charge < -0.3 is 27.9 Å². The third-order valence-corrected chi connectivity index (χ3v) is 1.80. The minimum atomic E-state index is -0.683. The zero-order valence-corrected chi connectivity index (χ0v) is 10.8. The van der Waals surface area contributed by atoms with E-state index in [9.17, 15) is 9.90 Å². The molecule has 8 heteroatoms. The SMILES string of the molecule is C/C(=N\N=C(\N)[S-])c1c(O)cc(C)oc1=O.[Ni]. The van der Waals surface area contributed by atoms with Crippen LogP contribution in [0.25, 0.3) is 0 Å². The van der Waals surface area contributed by atoms with Crippen LogP contribution in [0.15, 0.2) is 25.5 Å². The molecule has 6 nitrogen and oxygen atoms in total. The van der Waals surface area contributed by atoms with Crippen molar-refractivity contribution in [3.8, 4) is 5.75 Å². The summed E-state index contributed by atoms with van der Waals surface area (Å²) in [5.41, 5.74) is 4.56. The maximum absolute atomic E-state index is 11.4. The fourth-order valence-corrected chi connectivity index (χ4v) is 1.14. The van der Waals surface area contributed by atoms with E-state index in [0.29, 0.717) is 5.76 Å². The molecule has 1 aromatic rings. The van der Waals surface area contributed by atoms with Crippen LogP contribution in [0.3, 0.4) is 0 Å². The summed E-state index contributed by atoms with van der Waals surface area (Å²) in [6.07, 6.45) is 0. The van der Waals surface area contributed by atoms with Crippen LogP contribution in [0.4, 0.5) is 0 Å². The summed E-state index contributed by atoms with van der Waals surface area (Å²) < 4.78 is 4.81. The normalized spacial score (nSPS) is 12.1. The van der Waals surface area contributed by atoms with Crippen molar-refractivity contribution in [2.24, 2.45) is 15.9 Å². The fourth-order valence-electron chi connectivity index (χ4n) is 1.10. The second-order valence-electron chi connectivity index (χ2n) is 3.03. The first-order chi connectivity index (χ1) is 7.41. The summed E-state index contributed by atoms with van der Waals surface area (Å²) in [6.45, 7) is 3.04. The van der Waals surface area contributed by atoms with E-state index in [2.05, 4.69) is 22.8 Å². The minimum absolute atomic E-state index is 0. The summed E-state index contributed by atoms with van der Waals surface area (Å²) in [5, 5.41) is 16.4. The van der Waals surface area contributed by atoms with Crippen molar-refractivity contribution in [1.29, 1.82) is 0 Å². The number of rotatable bonds is 2. The zero-order chi connectivity index (χ0) is 12.3. The largest absolute Gasteiger partial charge is 0.741 e. The molecule has 3 N–H and O–H groups in total. The van der Waals surface area contributed by atoms with Gasteiger partial charge in [-0.05, 0) is 19.0 Å². The maximum atomic E-state index is 11.4. The van der Waals surface area contributed by atoms with E-state index in [-0.39, 0.29) is 38.7 Å². The first-order valence-electron chi connectivity index (χ1n) is 4.30. The van der Waals surface area contributed by atoms with Gasteiger partial charge in [-0.25, -0.2) is 4.79 Å². The summed E-state index contributed by atoms with van der Waals surface area (Å²) in [5.74, 6) is 0.0958. The van der Waals surface area contributed by atoms with Gasteiger partial charge in [0.15, 0.2) is 0 Å². The number of nitrogens with zero attached hydrogens (tertiary/aromatic N) is 2. The van der Waals surface area contributed by atoms with Crippen LogP contribution in [0.5, 0.6) is 5.75 Å². The molecule has 0 radical (unpaired) electrons. The van der Waals surface area contributed by atoms with Gasteiger partial charge in [-0.2, -0.15) is 10.2 Å². The molecular formula is C9H10N3NiO3S-. The van der Waals surface area contributed by atoms with E-state index in [1.165, 1.54) is 13.0 Å². The Morgan fingerprint density at radius 2 is 2.12 bits per heavy atom. The molecule has 0 saturated carbocycles. The van der Waals surface area contributed by atoms with Gasteiger partial charge in [0, 0.05) is 22.6 Å². The Labute approximate surface area is 113 Å². The molecule has 0 bridgehead atoms. The molecule has 0 spiro atoms.